The molecule has 1 unspecified atom stereocenters. The van der Waals surface area contributed by atoms with E-state index in [-0.39, 0.29) is 0 Å². The molecule has 0 spiro atoms. The number of aliphatic hydroxyl groups is 1. The van der Waals surface area contributed by atoms with Crippen LogP contribution in [0.3, 0.4) is 0 Å². The van der Waals surface area contributed by atoms with Crippen LogP contribution in [0.1, 0.15) is 58.8 Å². The smallest absolute Gasteiger partial charge is 0.0945 e. The third kappa shape index (κ3) is 2.75. The first-order valence-electron chi connectivity index (χ1n) is 5.70. The molecule has 13 heavy (non-hydrogen) atoms. The van der Waals surface area contributed by atoms with Crippen LogP contribution in [0.5, 0.6) is 0 Å². The lowest BCUT2D eigenvalue weighted by Crippen LogP contribution is -2.12. The average molecular weight is 182 g/mol. The van der Waals surface area contributed by atoms with Crippen molar-refractivity contribution in [1.29, 1.82) is 0 Å². The fourth-order valence-corrected chi connectivity index (χ4v) is 2.30. The van der Waals surface area contributed by atoms with Crippen molar-refractivity contribution in [3.63, 3.8) is 0 Å². The van der Waals surface area contributed by atoms with Crippen LogP contribution < -0.4 is 0 Å². The molecular formula is C12H22O. The zero-order valence-electron chi connectivity index (χ0n) is 8.97. The van der Waals surface area contributed by atoms with E-state index in [1.807, 2.05) is 0 Å². The molecule has 1 aliphatic rings. The molecular weight excluding hydrogens is 160 g/mol. The fourth-order valence-electron chi connectivity index (χ4n) is 2.30. The van der Waals surface area contributed by atoms with Gasteiger partial charge in [0.1, 0.15) is 0 Å². The van der Waals surface area contributed by atoms with Gasteiger partial charge in [0.25, 0.3) is 0 Å². The number of hydrogen-bond donors (Lipinski definition) is 1. The van der Waals surface area contributed by atoms with Crippen LogP contribution in [-0.4, -0.2) is 5.11 Å². The molecule has 0 radical (unpaired) electrons. The highest BCUT2D eigenvalue weighted by molar-refractivity contribution is 5.13. The second kappa shape index (κ2) is 5.31. The van der Waals surface area contributed by atoms with Gasteiger partial charge in [-0.15, -0.1) is 0 Å². The van der Waals surface area contributed by atoms with Crippen LogP contribution in [0.25, 0.3) is 0 Å². The Balaban J connectivity index is 2.61. The third-order valence-corrected chi connectivity index (χ3v) is 2.97. The summed E-state index contributed by atoms with van der Waals surface area (Å²) in [6.45, 7) is 4.38. The molecule has 0 aromatic carbocycles. The van der Waals surface area contributed by atoms with E-state index in [1.165, 1.54) is 31.3 Å². The lowest BCUT2D eigenvalue weighted by atomic mass is 9.84. The molecule has 1 aliphatic carbocycles. The number of allylic oxidation sites excluding steroid dienone is 2. The van der Waals surface area contributed by atoms with Crippen molar-refractivity contribution in [3.8, 4) is 0 Å². The van der Waals surface area contributed by atoms with Crippen molar-refractivity contribution in [2.45, 2.75) is 58.8 Å². The molecule has 1 nitrogen and oxygen atoms in total. The van der Waals surface area contributed by atoms with E-state index in [9.17, 15) is 5.11 Å². The van der Waals surface area contributed by atoms with Gasteiger partial charge in [-0.1, -0.05) is 26.7 Å². The van der Waals surface area contributed by atoms with Gasteiger partial charge < -0.3 is 5.11 Å². The van der Waals surface area contributed by atoms with E-state index in [1.54, 1.807) is 0 Å². The quantitative estimate of drug-likeness (QED) is 0.691. The molecule has 0 aromatic rings. The van der Waals surface area contributed by atoms with E-state index in [0.717, 1.165) is 25.0 Å². The molecule has 1 heteroatoms. The van der Waals surface area contributed by atoms with E-state index in [2.05, 4.69) is 13.8 Å². The van der Waals surface area contributed by atoms with Crippen LogP contribution in [-0.2, 0) is 0 Å². The van der Waals surface area contributed by atoms with Crippen LogP contribution in [0.2, 0.25) is 0 Å². The van der Waals surface area contributed by atoms with Gasteiger partial charge in [0.15, 0.2) is 0 Å². The van der Waals surface area contributed by atoms with Crippen LogP contribution in [0, 0.1) is 5.92 Å². The first kappa shape index (κ1) is 10.6. The highest BCUT2D eigenvalue weighted by Gasteiger charge is 2.20. The van der Waals surface area contributed by atoms with Crippen molar-refractivity contribution in [3.05, 3.63) is 11.3 Å². The minimum absolute atomic E-state index is 0.486. The highest BCUT2D eigenvalue weighted by Crippen LogP contribution is 2.33. The summed E-state index contributed by atoms with van der Waals surface area (Å²) >= 11 is 0. The van der Waals surface area contributed by atoms with Crippen molar-refractivity contribution in [2.75, 3.05) is 0 Å². The average Bonchev–Trinajstić information content (AvgIpc) is 2.13. The number of hydrogen-bond acceptors (Lipinski definition) is 1. The molecule has 0 fully saturated rings. The Kier molecular flexibility index (Phi) is 4.34. The van der Waals surface area contributed by atoms with Crippen LogP contribution in [0.15, 0.2) is 11.3 Å². The minimum atomic E-state index is 0.486. The Morgan fingerprint density at radius 2 is 2.08 bits per heavy atom. The Hall–Kier alpha value is -0.460. The maximum Gasteiger partial charge on any atom is 0.0945 e. The van der Waals surface area contributed by atoms with Crippen LogP contribution >= 0.6 is 0 Å². The standard InChI is InChI=1S/C12H22O/c1-3-6-10-8-5-9-11(7-4-2)12(10)13/h10,13H,3-9H2,1-2H3. The summed E-state index contributed by atoms with van der Waals surface area (Å²) in [7, 11) is 0. The molecule has 1 rings (SSSR count). The normalized spacial score (nSPS) is 23.7. The maximum absolute atomic E-state index is 9.97. The zero-order valence-corrected chi connectivity index (χ0v) is 8.97. The second-order valence-corrected chi connectivity index (χ2v) is 4.12. The largest absolute Gasteiger partial charge is 0.512 e. The summed E-state index contributed by atoms with van der Waals surface area (Å²) in [6, 6.07) is 0. The first-order chi connectivity index (χ1) is 6.29. The maximum atomic E-state index is 9.97. The molecule has 0 saturated carbocycles. The van der Waals surface area contributed by atoms with Gasteiger partial charge in [0, 0.05) is 5.92 Å². The van der Waals surface area contributed by atoms with Gasteiger partial charge in [-0.25, -0.2) is 0 Å². The first-order valence-corrected chi connectivity index (χ1v) is 5.70. The van der Waals surface area contributed by atoms with Gasteiger partial charge in [0.2, 0.25) is 0 Å². The van der Waals surface area contributed by atoms with Crippen molar-refractivity contribution in [2.24, 2.45) is 5.92 Å². The van der Waals surface area contributed by atoms with Gasteiger partial charge in [0.05, 0.1) is 5.76 Å². The van der Waals surface area contributed by atoms with Crippen molar-refractivity contribution >= 4 is 0 Å². The fraction of sp³-hybridized carbons (Fsp3) is 0.833. The highest BCUT2D eigenvalue weighted by atomic mass is 16.3. The molecule has 1 N–H and O–H groups in total. The van der Waals surface area contributed by atoms with Gasteiger partial charge in [-0.2, -0.15) is 0 Å². The molecule has 0 heterocycles. The van der Waals surface area contributed by atoms with Gasteiger partial charge >= 0.3 is 0 Å². The summed E-state index contributed by atoms with van der Waals surface area (Å²) in [4.78, 5) is 0. The SMILES string of the molecule is CCCC1=C(O)C(CCC)CCC1. The Morgan fingerprint density at radius 1 is 1.31 bits per heavy atom. The molecule has 0 saturated heterocycles. The Bertz CT molecular complexity index is 182. The van der Waals surface area contributed by atoms with Crippen LogP contribution in [0.4, 0.5) is 0 Å². The summed E-state index contributed by atoms with van der Waals surface area (Å²) in [5.74, 6) is 1.23. The monoisotopic (exact) mass is 182 g/mol. The minimum Gasteiger partial charge on any atom is -0.512 e. The summed E-state index contributed by atoms with van der Waals surface area (Å²) in [5, 5.41) is 9.97. The molecule has 0 aliphatic heterocycles. The second-order valence-electron chi connectivity index (χ2n) is 4.12. The summed E-state index contributed by atoms with van der Waals surface area (Å²) in [6.07, 6.45) is 8.24. The summed E-state index contributed by atoms with van der Waals surface area (Å²) in [5.41, 5.74) is 1.34. The molecule has 0 aromatic heterocycles. The van der Waals surface area contributed by atoms with E-state index < -0.39 is 0 Å². The van der Waals surface area contributed by atoms with Gasteiger partial charge in [-0.05, 0) is 37.7 Å². The van der Waals surface area contributed by atoms with Crippen molar-refractivity contribution < 1.29 is 5.11 Å². The predicted molar refractivity (Wildman–Crippen MR) is 56.8 cm³/mol. The third-order valence-electron chi connectivity index (χ3n) is 2.97. The molecule has 76 valence electrons. The van der Waals surface area contributed by atoms with E-state index >= 15 is 0 Å². The lowest BCUT2D eigenvalue weighted by molar-refractivity contribution is 0.276. The topological polar surface area (TPSA) is 20.2 Å². The van der Waals surface area contributed by atoms with Gasteiger partial charge in [-0.3, -0.25) is 0 Å². The lowest BCUT2D eigenvalue weighted by Gasteiger charge is -2.24. The predicted octanol–water partition coefficient (Wildman–Crippen LogP) is 4.20. The summed E-state index contributed by atoms with van der Waals surface area (Å²) < 4.78 is 0. The number of aliphatic hydroxyl groups excluding tert-OH is 1. The molecule has 0 bridgehead atoms. The Labute approximate surface area is 81.9 Å². The molecule has 0 amide bonds. The van der Waals surface area contributed by atoms with E-state index in [0.29, 0.717) is 5.92 Å². The Morgan fingerprint density at radius 3 is 2.69 bits per heavy atom. The zero-order chi connectivity index (χ0) is 9.68. The molecule has 1 atom stereocenters. The van der Waals surface area contributed by atoms with E-state index in [4.69, 9.17) is 0 Å². The van der Waals surface area contributed by atoms with Crippen molar-refractivity contribution in [1.82, 2.24) is 0 Å². The number of rotatable bonds is 4.